The Morgan fingerprint density at radius 3 is 3.00 bits per heavy atom. The van der Waals surface area contributed by atoms with Crippen LogP contribution in [0.25, 0.3) is 0 Å². The molecule has 17 heavy (non-hydrogen) atoms. The van der Waals surface area contributed by atoms with Crippen LogP contribution in [0.15, 0.2) is 18.2 Å². The Morgan fingerprint density at radius 1 is 1.53 bits per heavy atom. The topological polar surface area (TPSA) is 64.3 Å². The monoisotopic (exact) mass is 234 g/mol. The summed E-state index contributed by atoms with van der Waals surface area (Å²) < 4.78 is 5.40. The Hall–Kier alpha value is -1.71. The largest absolute Gasteiger partial charge is 0.482 e. The average molecular weight is 234 g/mol. The normalized spacial score (nSPS) is 14.4. The summed E-state index contributed by atoms with van der Waals surface area (Å²) in [5, 5.41) is 2.84. The number of amides is 1. The van der Waals surface area contributed by atoms with E-state index >= 15 is 0 Å². The zero-order valence-corrected chi connectivity index (χ0v) is 10.0. The van der Waals surface area contributed by atoms with Gasteiger partial charge in [-0.05, 0) is 43.4 Å². The van der Waals surface area contributed by atoms with E-state index in [1.807, 2.05) is 19.1 Å². The van der Waals surface area contributed by atoms with Crippen LogP contribution < -0.4 is 15.8 Å². The Morgan fingerprint density at radius 2 is 2.29 bits per heavy atom. The van der Waals surface area contributed by atoms with Crippen LogP contribution in [-0.4, -0.2) is 19.1 Å². The third-order valence-electron chi connectivity index (χ3n) is 2.81. The zero-order valence-electron chi connectivity index (χ0n) is 10.0. The second kappa shape index (κ2) is 5.08. The molecular formula is C13H18N2O2. The third-order valence-corrected chi connectivity index (χ3v) is 2.81. The van der Waals surface area contributed by atoms with Crippen LogP contribution in [0, 0.1) is 12.8 Å². The summed E-state index contributed by atoms with van der Waals surface area (Å²) in [5.41, 5.74) is 7.37. The van der Waals surface area contributed by atoms with E-state index in [-0.39, 0.29) is 12.5 Å². The third kappa shape index (κ3) is 3.66. The predicted octanol–water partition coefficient (Wildman–Crippen LogP) is 1.48. The van der Waals surface area contributed by atoms with Gasteiger partial charge in [0, 0.05) is 6.54 Å². The number of carbonyl (C=O) groups is 1. The first-order chi connectivity index (χ1) is 8.15. The van der Waals surface area contributed by atoms with E-state index in [0.717, 1.165) is 12.1 Å². The summed E-state index contributed by atoms with van der Waals surface area (Å²) >= 11 is 0. The maximum atomic E-state index is 11.5. The summed E-state index contributed by atoms with van der Waals surface area (Å²) in [6.45, 7) is 2.76. The van der Waals surface area contributed by atoms with Crippen molar-refractivity contribution < 1.29 is 9.53 Å². The SMILES string of the molecule is Cc1ccc(N)c(OCC(=O)NCC2CC2)c1. The zero-order chi connectivity index (χ0) is 12.3. The van der Waals surface area contributed by atoms with Crippen molar-refractivity contribution in [1.29, 1.82) is 0 Å². The molecule has 1 aromatic rings. The van der Waals surface area contributed by atoms with Gasteiger partial charge in [0.1, 0.15) is 5.75 Å². The highest BCUT2D eigenvalue weighted by Gasteiger charge is 2.21. The van der Waals surface area contributed by atoms with Crippen molar-refractivity contribution >= 4 is 11.6 Å². The van der Waals surface area contributed by atoms with Crippen molar-refractivity contribution in [2.45, 2.75) is 19.8 Å². The molecule has 0 heterocycles. The minimum Gasteiger partial charge on any atom is -0.482 e. The van der Waals surface area contributed by atoms with Crippen molar-refractivity contribution in [2.24, 2.45) is 5.92 Å². The number of nitrogens with two attached hydrogens (primary N) is 1. The van der Waals surface area contributed by atoms with Gasteiger partial charge >= 0.3 is 0 Å². The molecule has 0 aliphatic heterocycles. The number of hydrogen-bond acceptors (Lipinski definition) is 3. The van der Waals surface area contributed by atoms with E-state index < -0.39 is 0 Å². The molecule has 4 heteroatoms. The number of anilines is 1. The van der Waals surface area contributed by atoms with Crippen molar-refractivity contribution in [3.8, 4) is 5.75 Å². The van der Waals surface area contributed by atoms with Gasteiger partial charge in [0.25, 0.3) is 5.91 Å². The van der Waals surface area contributed by atoms with E-state index in [4.69, 9.17) is 10.5 Å². The van der Waals surface area contributed by atoms with Gasteiger partial charge < -0.3 is 15.8 Å². The lowest BCUT2D eigenvalue weighted by molar-refractivity contribution is -0.123. The molecular weight excluding hydrogens is 216 g/mol. The molecule has 0 aromatic heterocycles. The highest BCUT2D eigenvalue weighted by molar-refractivity contribution is 5.77. The highest BCUT2D eigenvalue weighted by Crippen LogP contribution is 2.27. The Kier molecular flexibility index (Phi) is 3.52. The fourth-order valence-corrected chi connectivity index (χ4v) is 1.54. The lowest BCUT2D eigenvalue weighted by atomic mass is 10.2. The second-order valence-corrected chi connectivity index (χ2v) is 4.58. The molecule has 4 nitrogen and oxygen atoms in total. The summed E-state index contributed by atoms with van der Waals surface area (Å²) in [6, 6.07) is 5.53. The van der Waals surface area contributed by atoms with Crippen LogP contribution in [0.2, 0.25) is 0 Å². The number of nitrogens with one attached hydrogen (secondary N) is 1. The number of rotatable bonds is 5. The van der Waals surface area contributed by atoms with Crippen LogP contribution >= 0.6 is 0 Å². The lowest BCUT2D eigenvalue weighted by Gasteiger charge is -2.09. The van der Waals surface area contributed by atoms with Crippen LogP contribution in [0.3, 0.4) is 0 Å². The van der Waals surface area contributed by atoms with Crippen molar-refractivity contribution in [2.75, 3.05) is 18.9 Å². The molecule has 1 saturated carbocycles. The average Bonchev–Trinajstić information content (AvgIpc) is 3.11. The lowest BCUT2D eigenvalue weighted by Crippen LogP contribution is -2.30. The van der Waals surface area contributed by atoms with Gasteiger partial charge in [-0.3, -0.25) is 4.79 Å². The molecule has 1 fully saturated rings. The molecule has 1 aliphatic rings. The summed E-state index contributed by atoms with van der Waals surface area (Å²) in [6.07, 6.45) is 2.46. The molecule has 1 aromatic carbocycles. The first-order valence-electron chi connectivity index (χ1n) is 5.91. The number of benzene rings is 1. The van der Waals surface area contributed by atoms with E-state index in [2.05, 4.69) is 5.32 Å². The van der Waals surface area contributed by atoms with Gasteiger partial charge in [-0.15, -0.1) is 0 Å². The van der Waals surface area contributed by atoms with E-state index in [9.17, 15) is 4.79 Å². The summed E-state index contributed by atoms with van der Waals surface area (Å²) in [5.74, 6) is 1.17. The van der Waals surface area contributed by atoms with Crippen molar-refractivity contribution in [3.05, 3.63) is 23.8 Å². The molecule has 0 unspecified atom stereocenters. The summed E-state index contributed by atoms with van der Waals surface area (Å²) in [7, 11) is 0. The molecule has 2 rings (SSSR count). The molecule has 3 N–H and O–H groups in total. The number of carbonyl (C=O) groups excluding carboxylic acids is 1. The smallest absolute Gasteiger partial charge is 0.257 e. The molecule has 1 amide bonds. The highest BCUT2D eigenvalue weighted by atomic mass is 16.5. The van der Waals surface area contributed by atoms with Crippen LogP contribution in [0.5, 0.6) is 5.75 Å². The fourth-order valence-electron chi connectivity index (χ4n) is 1.54. The van der Waals surface area contributed by atoms with Gasteiger partial charge in [0.15, 0.2) is 6.61 Å². The fraction of sp³-hybridized carbons (Fsp3) is 0.462. The van der Waals surface area contributed by atoms with Gasteiger partial charge in [0.2, 0.25) is 0 Å². The molecule has 0 bridgehead atoms. The van der Waals surface area contributed by atoms with Crippen LogP contribution in [0.1, 0.15) is 18.4 Å². The molecule has 92 valence electrons. The molecule has 1 aliphatic carbocycles. The molecule has 0 spiro atoms. The number of nitrogen functional groups attached to an aromatic ring is 1. The summed E-state index contributed by atoms with van der Waals surface area (Å²) in [4.78, 5) is 11.5. The molecule has 0 saturated heterocycles. The molecule has 0 radical (unpaired) electrons. The van der Waals surface area contributed by atoms with Gasteiger partial charge in [-0.25, -0.2) is 0 Å². The quantitative estimate of drug-likeness (QED) is 0.758. The minimum atomic E-state index is -0.0854. The van der Waals surface area contributed by atoms with Gasteiger partial charge in [-0.2, -0.15) is 0 Å². The maximum absolute atomic E-state index is 11.5. The number of hydrogen-bond donors (Lipinski definition) is 2. The van der Waals surface area contributed by atoms with Crippen LogP contribution in [0.4, 0.5) is 5.69 Å². The first kappa shape index (κ1) is 11.8. The van der Waals surface area contributed by atoms with Crippen molar-refractivity contribution in [1.82, 2.24) is 5.32 Å². The predicted molar refractivity (Wildman–Crippen MR) is 66.8 cm³/mol. The van der Waals surface area contributed by atoms with Crippen LogP contribution in [-0.2, 0) is 4.79 Å². The van der Waals surface area contributed by atoms with E-state index in [1.165, 1.54) is 12.8 Å². The maximum Gasteiger partial charge on any atom is 0.257 e. The van der Waals surface area contributed by atoms with E-state index in [1.54, 1.807) is 6.07 Å². The van der Waals surface area contributed by atoms with Crippen molar-refractivity contribution in [3.63, 3.8) is 0 Å². The Labute approximate surface area is 101 Å². The Balaban J connectivity index is 1.79. The van der Waals surface area contributed by atoms with E-state index in [0.29, 0.717) is 17.4 Å². The number of aryl methyl sites for hydroxylation is 1. The second-order valence-electron chi connectivity index (χ2n) is 4.58. The standard InChI is InChI=1S/C13H18N2O2/c1-9-2-5-11(14)12(6-9)17-8-13(16)15-7-10-3-4-10/h2,5-6,10H,3-4,7-8,14H2,1H3,(H,15,16). The number of ether oxygens (including phenoxy) is 1. The Bertz CT molecular complexity index is 414. The molecule has 0 atom stereocenters. The first-order valence-corrected chi connectivity index (χ1v) is 5.91. The minimum absolute atomic E-state index is 0.0281. The van der Waals surface area contributed by atoms with Gasteiger partial charge in [-0.1, -0.05) is 6.07 Å². The van der Waals surface area contributed by atoms with Gasteiger partial charge in [0.05, 0.1) is 5.69 Å².